The summed E-state index contributed by atoms with van der Waals surface area (Å²) in [5.74, 6) is -1.69. The largest absolute Gasteiger partial charge is 0.470 e. The van der Waals surface area contributed by atoms with Gasteiger partial charge in [-0.3, -0.25) is 4.90 Å². The number of hydrogen-bond donors (Lipinski definition) is 0. The average Bonchev–Trinajstić information content (AvgIpc) is 3.05. The van der Waals surface area contributed by atoms with Gasteiger partial charge >= 0.3 is 18.2 Å². The maximum atomic E-state index is 12.8. The summed E-state index contributed by atoms with van der Waals surface area (Å²) < 4.78 is 80.5. The minimum atomic E-state index is -4.67. The first kappa shape index (κ1) is 18.7. The molecule has 1 saturated heterocycles. The van der Waals surface area contributed by atoms with Crippen LogP contribution in [0.1, 0.15) is 41.7 Å². The molecule has 1 aliphatic heterocycles. The minimum absolute atomic E-state index is 0.0453. The Morgan fingerprint density at radius 1 is 1.00 bits per heavy atom. The molecule has 0 unspecified atom stereocenters. The van der Waals surface area contributed by atoms with Gasteiger partial charge in [0.15, 0.2) is 0 Å². The van der Waals surface area contributed by atoms with Crippen LogP contribution in [0.4, 0.5) is 26.3 Å². The molecule has 2 aromatic rings. The van der Waals surface area contributed by atoms with E-state index in [4.69, 9.17) is 4.42 Å². The lowest BCUT2D eigenvalue weighted by atomic mass is 9.96. The van der Waals surface area contributed by atoms with Crippen LogP contribution in [0.2, 0.25) is 0 Å². The number of aromatic nitrogens is 2. The summed E-state index contributed by atoms with van der Waals surface area (Å²) in [7, 11) is 0. The van der Waals surface area contributed by atoms with Crippen molar-refractivity contribution in [3.05, 3.63) is 47.2 Å². The van der Waals surface area contributed by atoms with E-state index in [9.17, 15) is 26.3 Å². The number of halogens is 6. The van der Waals surface area contributed by atoms with E-state index >= 15 is 0 Å². The molecule has 0 amide bonds. The first-order valence-corrected chi connectivity index (χ1v) is 7.92. The van der Waals surface area contributed by atoms with Crippen molar-refractivity contribution >= 4 is 0 Å². The topological polar surface area (TPSA) is 42.2 Å². The normalized spacial score (nSPS) is 17.6. The van der Waals surface area contributed by atoms with E-state index in [1.807, 2.05) is 4.90 Å². The summed E-state index contributed by atoms with van der Waals surface area (Å²) in [6.45, 7) is 1.38. The van der Waals surface area contributed by atoms with Gasteiger partial charge < -0.3 is 4.42 Å². The van der Waals surface area contributed by atoms with Crippen molar-refractivity contribution in [2.75, 3.05) is 13.1 Å². The second kappa shape index (κ2) is 6.90. The molecule has 0 N–H and O–H groups in total. The molecule has 1 aromatic carbocycles. The van der Waals surface area contributed by atoms with E-state index in [1.54, 1.807) is 6.07 Å². The molecule has 0 radical (unpaired) electrons. The Bertz CT molecular complexity index is 747. The smallest absolute Gasteiger partial charge is 0.417 e. The number of alkyl halides is 6. The first-order chi connectivity index (χ1) is 12.1. The Kier molecular flexibility index (Phi) is 4.96. The Balaban J connectivity index is 1.58. The van der Waals surface area contributed by atoms with Gasteiger partial charge in [-0.05, 0) is 37.6 Å². The minimum Gasteiger partial charge on any atom is -0.417 e. The fourth-order valence-corrected chi connectivity index (χ4v) is 2.96. The van der Waals surface area contributed by atoms with E-state index < -0.39 is 23.8 Å². The third-order valence-corrected chi connectivity index (χ3v) is 4.28. The summed E-state index contributed by atoms with van der Waals surface area (Å²) in [6, 6.07) is 5.11. The molecule has 26 heavy (non-hydrogen) atoms. The summed E-state index contributed by atoms with van der Waals surface area (Å²) in [6.07, 6.45) is -8.07. The number of nitrogens with zero attached hydrogens (tertiary/aromatic N) is 3. The van der Waals surface area contributed by atoms with Gasteiger partial charge in [-0.2, -0.15) is 26.3 Å². The van der Waals surface area contributed by atoms with E-state index in [0.717, 1.165) is 12.1 Å². The first-order valence-electron chi connectivity index (χ1n) is 7.92. The van der Waals surface area contributed by atoms with Crippen LogP contribution >= 0.6 is 0 Å². The molecule has 1 fully saturated rings. The van der Waals surface area contributed by atoms with Crippen molar-refractivity contribution in [3.8, 4) is 0 Å². The maximum Gasteiger partial charge on any atom is 0.470 e. The maximum absolute atomic E-state index is 12.8. The van der Waals surface area contributed by atoms with Crippen LogP contribution in [-0.4, -0.2) is 28.2 Å². The standard InChI is InChI=1S/C16H15F6N3O/c17-15(18,19)12-3-1-2-10(8-12)9-25-6-4-11(5-7-25)13-23-24-14(26-13)16(20,21)22/h1-3,8,11H,4-7,9H2. The second-order valence-corrected chi connectivity index (χ2v) is 6.19. The fraction of sp³-hybridized carbons (Fsp3) is 0.500. The SMILES string of the molecule is FC(F)(F)c1cccc(CN2CCC(c3nnc(C(F)(F)F)o3)CC2)c1. The molecule has 142 valence electrons. The highest BCUT2D eigenvalue weighted by Gasteiger charge is 2.39. The van der Waals surface area contributed by atoms with Crippen molar-refractivity contribution in [1.82, 2.24) is 15.1 Å². The van der Waals surface area contributed by atoms with Gasteiger partial charge in [0, 0.05) is 12.5 Å². The van der Waals surface area contributed by atoms with Crippen LogP contribution < -0.4 is 0 Å². The molecule has 1 aliphatic rings. The Labute approximate surface area is 144 Å². The van der Waals surface area contributed by atoms with Crippen molar-refractivity contribution in [3.63, 3.8) is 0 Å². The lowest BCUT2D eigenvalue weighted by Crippen LogP contribution is -2.32. The lowest BCUT2D eigenvalue weighted by Gasteiger charge is -2.30. The van der Waals surface area contributed by atoms with Crippen LogP contribution in [0, 0.1) is 0 Å². The van der Waals surface area contributed by atoms with Crippen LogP contribution in [-0.2, 0) is 18.9 Å². The number of benzene rings is 1. The van der Waals surface area contributed by atoms with Gasteiger partial charge in [0.25, 0.3) is 0 Å². The number of likely N-dealkylation sites (tertiary alicyclic amines) is 1. The summed E-state index contributed by atoms with van der Waals surface area (Å²) in [5.41, 5.74) is -0.161. The molecule has 2 heterocycles. The molecule has 0 aliphatic carbocycles. The second-order valence-electron chi connectivity index (χ2n) is 6.19. The van der Waals surface area contributed by atoms with Gasteiger partial charge in [0.2, 0.25) is 5.89 Å². The van der Waals surface area contributed by atoms with Crippen molar-refractivity contribution in [2.45, 2.75) is 37.7 Å². The van der Waals surface area contributed by atoms with E-state index in [-0.39, 0.29) is 11.8 Å². The Morgan fingerprint density at radius 2 is 1.69 bits per heavy atom. The molecule has 1 aromatic heterocycles. The van der Waals surface area contributed by atoms with Gasteiger partial charge in [0.05, 0.1) is 5.56 Å². The van der Waals surface area contributed by atoms with Gasteiger partial charge in [-0.15, -0.1) is 10.2 Å². The molecular weight excluding hydrogens is 364 g/mol. The molecule has 3 rings (SSSR count). The molecule has 4 nitrogen and oxygen atoms in total. The van der Waals surface area contributed by atoms with Crippen LogP contribution in [0.3, 0.4) is 0 Å². The molecule has 10 heteroatoms. The van der Waals surface area contributed by atoms with E-state index in [1.165, 1.54) is 6.07 Å². The van der Waals surface area contributed by atoms with Gasteiger partial charge in [-0.1, -0.05) is 18.2 Å². The number of hydrogen-bond acceptors (Lipinski definition) is 4. The van der Waals surface area contributed by atoms with Crippen LogP contribution in [0.15, 0.2) is 28.7 Å². The summed E-state index contributed by atoms with van der Waals surface area (Å²) in [4.78, 5) is 1.95. The average molecular weight is 379 g/mol. The zero-order chi connectivity index (χ0) is 18.9. The lowest BCUT2D eigenvalue weighted by molar-refractivity contribution is -0.157. The molecule has 0 spiro atoms. The summed E-state index contributed by atoms with van der Waals surface area (Å²) in [5, 5.41) is 6.49. The molecule has 0 bridgehead atoms. The predicted octanol–water partition coefficient (Wildman–Crippen LogP) is 4.49. The molecular formula is C16H15F6N3O. The van der Waals surface area contributed by atoms with Gasteiger partial charge in [0.1, 0.15) is 0 Å². The predicted molar refractivity (Wildman–Crippen MR) is 78.0 cm³/mol. The Morgan fingerprint density at radius 3 is 2.27 bits per heavy atom. The van der Waals surface area contributed by atoms with E-state index in [2.05, 4.69) is 10.2 Å². The zero-order valence-corrected chi connectivity index (χ0v) is 13.4. The summed E-state index contributed by atoms with van der Waals surface area (Å²) >= 11 is 0. The molecule has 0 atom stereocenters. The van der Waals surface area contributed by atoms with E-state index in [0.29, 0.717) is 38.0 Å². The van der Waals surface area contributed by atoms with Crippen molar-refractivity contribution in [2.24, 2.45) is 0 Å². The van der Waals surface area contributed by atoms with Crippen molar-refractivity contribution in [1.29, 1.82) is 0 Å². The fourth-order valence-electron chi connectivity index (χ4n) is 2.96. The highest BCUT2D eigenvalue weighted by molar-refractivity contribution is 5.25. The van der Waals surface area contributed by atoms with Crippen molar-refractivity contribution < 1.29 is 30.8 Å². The zero-order valence-electron chi connectivity index (χ0n) is 13.4. The van der Waals surface area contributed by atoms with Crippen LogP contribution in [0.25, 0.3) is 0 Å². The highest BCUT2D eigenvalue weighted by atomic mass is 19.4. The molecule has 0 saturated carbocycles. The Hall–Kier alpha value is -2.10. The number of piperidine rings is 1. The number of rotatable bonds is 3. The van der Waals surface area contributed by atoms with Gasteiger partial charge in [-0.25, -0.2) is 0 Å². The monoisotopic (exact) mass is 379 g/mol. The third-order valence-electron chi connectivity index (χ3n) is 4.28. The quantitative estimate of drug-likeness (QED) is 0.737. The van der Waals surface area contributed by atoms with Crippen LogP contribution in [0.5, 0.6) is 0 Å². The highest BCUT2D eigenvalue weighted by Crippen LogP contribution is 2.33. The third kappa shape index (κ3) is 4.35.